The average Bonchev–Trinajstić information content (AvgIpc) is 2.34. The summed E-state index contributed by atoms with van der Waals surface area (Å²) >= 11 is 0. The topological polar surface area (TPSA) is 33.1 Å². The Kier molecular flexibility index (Phi) is 3.67. The standard InChI is InChI=1S/C14H13F2NO/c1-9-5-6-17-13(7-9)14(18)8-10-11(15)3-2-4-12(10)16/h2-7,14,18H,8H2,1H3. The number of aliphatic hydroxyl groups excluding tert-OH is 1. The molecule has 1 heterocycles. The molecular weight excluding hydrogens is 236 g/mol. The van der Waals surface area contributed by atoms with Gasteiger partial charge < -0.3 is 5.11 Å². The molecule has 4 heteroatoms. The number of aliphatic hydroxyl groups is 1. The van der Waals surface area contributed by atoms with E-state index in [1.54, 1.807) is 18.3 Å². The van der Waals surface area contributed by atoms with E-state index in [1.165, 1.54) is 18.2 Å². The fourth-order valence-electron chi connectivity index (χ4n) is 1.77. The Labute approximate surface area is 104 Å². The first kappa shape index (κ1) is 12.6. The van der Waals surface area contributed by atoms with E-state index in [1.807, 2.05) is 6.92 Å². The van der Waals surface area contributed by atoms with Gasteiger partial charge in [0, 0.05) is 18.2 Å². The molecule has 1 N–H and O–H groups in total. The third-order valence-electron chi connectivity index (χ3n) is 2.74. The van der Waals surface area contributed by atoms with Gasteiger partial charge in [0.15, 0.2) is 0 Å². The molecule has 1 aromatic carbocycles. The van der Waals surface area contributed by atoms with Crippen LogP contribution in [0.4, 0.5) is 8.78 Å². The Bertz CT molecular complexity index is 537. The Morgan fingerprint density at radius 3 is 2.50 bits per heavy atom. The summed E-state index contributed by atoms with van der Waals surface area (Å²) in [6, 6.07) is 7.14. The van der Waals surface area contributed by atoms with E-state index in [-0.39, 0.29) is 12.0 Å². The summed E-state index contributed by atoms with van der Waals surface area (Å²) in [6.07, 6.45) is 0.414. The molecular formula is C14H13F2NO. The van der Waals surface area contributed by atoms with Gasteiger partial charge in [0.1, 0.15) is 17.7 Å². The molecule has 2 aromatic rings. The molecule has 0 aliphatic heterocycles. The monoisotopic (exact) mass is 249 g/mol. The predicted molar refractivity (Wildman–Crippen MR) is 64.0 cm³/mol. The number of aryl methyl sites for hydroxylation is 1. The molecule has 0 bridgehead atoms. The van der Waals surface area contributed by atoms with Gasteiger partial charge in [0.25, 0.3) is 0 Å². The maximum absolute atomic E-state index is 13.4. The third kappa shape index (κ3) is 2.71. The van der Waals surface area contributed by atoms with E-state index in [9.17, 15) is 13.9 Å². The van der Waals surface area contributed by atoms with Gasteiger partial charge >= 0.3 is 0 Å². The van der Waals surface area contributed by atoms with Crippen LogP contribution in [0.5, 0.6) is 0 Å². The molecule has 0 fully saturated rings. The van der Waals surface area contributed by atoms with Crippen molar-refractivity contribution < 1.29 is 13.9 Å². The average molecular weight is 249 g/mol. The van der Waals surface area contributed by atoms with Crippen LogP contribution in [0.25, 0.3) is 0 Å². The van der Waals surface area contributed by atoms with Gasteiger partial charge in [-0.15, -0.1) is 0 Å². The maximum atomic E-state index is 13.4. The highest BCUT2D eigenvalue weighted by atomic mass is 19.1. The Morgan fingerprint density at radius 2 is 1.89 bits per heavy atom. The smallest absolute Gasteiger partial charge is 0.129 e. The van der Waals surface area contributed by atoms with Crippen LogP contribution < -0.4 is 0 Å². The Balaban J connectivity index is 2.24. The molecule has 0 saturated carbocycles. The van der Waals surface area contributed by atoms with Crippen LogP contribution in [0.1, 0.15) is 22.9 Å². The first-order valence-electron chi connectivity index (χ1n) is 5.61. The number of aromatic nitrogens is 1. The van der Waals surface area contributed by atoms with Crippen molar-refractivity contribution in [2.45, 2.75) is 19.4 Å². The second kappa shape index (κ2) is 5.23. The lowest BCUT2D eigenvalue weighted by Crippen LogP contribution is -2.07. The lowest BCUT2D eigenvalue weighted by atomic mass is 10.0. The molecule has 18 heavy (non-hydrogen) atoms. The van der Waals surface area contributed by atoms with Crippen molar-refractivity contribution in [1.29, 1.82) is 0 Å². The molecule has 94 valence electrons. The number of rotatable bonds is 3. The number of benzene rings is 1. The number of hydrogen-bond acceptors (Lipinski definition) is 2. The minimum Gasteiger partial charge on any atom is -0.386 e. The summed E-state index contributed by atoms with van der Waals surface area (Å²) in [7, 11) is 0. The first-order valence-corrected chi connectivity index (χ1v) is 5.61. The van der Waals surface area contributed by atoms with E-state index >= 15 is 0 Å². The van der Waals surface area contributed by atoms with Crippen LogP contribution in [0, 0.1) is 18.6 Å². The SMILES string of the molecule is Cc1ccnc(C(O)Cc2c(F)cccc2F)c1. The minimum atomic E-state index is -1.02. The van der Waals surface area contributed by atoms with Gasteiger partial charge in [-0.25, -0.2) is 8.78 Å². The lowest BCUT2D eigenvalue weighted by molar-refractivity contribution is 0.171. The van der Waals surface area contributed by atoms with E-state index in [0.717, 1.165) is 5.56 Å². The van der Waals surface area contributed by atoms with Crippen molar-refractivity contribution in [3.8, 4) is 0 Å². The number of pyridine rings is 1. The molecule has 2 rings (SSSR count). The highest BCUT2D eigenvalue weighted by Gasteiger charge is 2.16. The maximum Gasteiger partial charge on any atom is 0.129 e. The van der Waals surface area contributed by atoms with E-state index in [4.69, 9.17) is 0 Å². The minimum absolute atomic E-state index is 0.117. The summed E-state index contributed by atoms with van der Waals surface area (Å²) < 4.78 is 26.9. The van der Waals surface area contributed by atoms with E-state index in [0.29, 0.717) is 5.69 Å². The zero-order valence-electron chi connectivity index (χ0n) is 9.90. The lowest BCUT2D eigenvalue weighted by Gasteiger charge is -2.12. The van der Waals surface area contributed by atoms with Crippen LogP contribution in [0.3, 0.4) is 0 Å². The Morgan fingerprint density at radius 1 is 1.22 bits per heavy atom. The molecule has 0 aliphatic carbocycles. The zero-order valence-corrected chi connectivity index (χ0v) is 9.90. The fraction of sp³-hybridized carbons (Fsp3) is 0.214. The quantitative estimate of drug-likeness (QED) is 0.907. The van der Waals surface area contributed by atoms with Gasteiger partial charge in [-0.3, -0.25) is 4.98 Å². The number of halogens is 2. The van der Waals surface area contributed by atoms with Gasteiger partial charge in [0.2, 0.25) is 0 Å². The summed E-state index contributed by atoms with van der Waals surface area (Å²) in [5.74, 6) is -1.30. The number of nitrogens with zero attached hydrogens (tertiary/aromatic N) is 1. The van der Waals surface area contributed by atoms with Crippen molar-refractivity contribution in [3.63, 3.8) is 0 Å². The van der Waals surface area contributed by atoms with Crippen LogP contribution in [0.15, 0.2) is 36.5 Å². The predicted octanol–water partition coefficient (Wildman–Crippen LogP) is 2.94. The van der Waals surface area contributed by atoms with Crippen LogP contribution in [0.2, 0.25) is 0 Å². The normalized spacial score (nSPS) is 12.4. The molecule has 1 unspecified atom stereocenters. The molecule has 0 saturated heterocycles. The summed E-state index contributed by atoms with van der Waals surface area (Å²) in [6.45, 7) is 1.86. The molecule has 1 atom stereocenters. The molecule has 0 spiro atoms. The van der Waals surface area contributed by atoms with E-state index < -0.39 is 17.7 Å². The molecule has 0 radical (unpaired) electrons. The van der Waals surface area contributed by atoms with Crippen LogP contribution >= 0.6 is 0 Å². The van der Waals surface area contributed by atoms with Crippen molar-refractivity contribution in [3.05, 3.63) is 65.0 Å². The van der Waals surface area contributed by atoms with Crippen molar-refractivity contribution >= 4 is 0 Å². The summed E-state index contributed by atoms with van der Waals surface area (Å²) in [5.41, 5.74) is 1.24. The number of hydrogen-bond donors (Lipinski definition) is 1. The molecule has 2 nitrogen and oxygen atoms in total. The first-order chi connectivity index (χ1) is 8.58. The Hall–Kier alpha value is -1.81. The molecule has 0 aliphatic rings. The van der Waals surface area contributed by atoms with Crippen molar-refractivity contribution in [1.82, 2.24) is 4.98 Å². The second-order valence-corrected chi connectivity index (χ2v) is 4.18. The van der Waals surface area contributed by atoms with Gasteiger partial charge in [0.05, 0.1) is 5.69 Å². The highest BCUT2D eigenvalue weighted by Crippen LogP contribution is 2.21. The zero-order chi connectivity index (χ0) is 13.1. The summed E-state index contributed by atoms with van der Waals surface area (Å²) in [4.78, 5) is 4.00. The van der Waals surface area contributed by atoms with Gasteiger partial charge in [-0.2, -0.15) is 0 Å². The second-order valence-electron chi connectivity index (χ2n) is 4.18. The molecule has 1 aromatic heterocycles. The van der Waals surface area contributed by atoms with Crippen LogP contribution in [-0.4, -0.2) is 10.1 Å². The van der Waals surface area contributed by atoms with Crippen molar-refractivity contribution in [2.75, 3.05) is 0 Å². The van der Waals surface area contributed by atoms with Crippen molar-refractivity contribution in [2.24, 2.45) is 0 Å². The van der Waals surface area contributed by atoms with E-state index in [2.05, 4.69) is 4.98 Å². The van der Waals surface area contributed by atoms with Gasteiger partial charge in [-0.05, 0) is 36.8 Å². The van der Waals surface area contributed by atoms with Crippen LogP contribution in [-0.2, 0) is 6.42 Å². The largest absolute Gasteiger partial charge is 0.386 e. The summed E-state index contributed by atoms with van der Waals surface area (Å²) in [5, 5.41) is 9.95. The fourth-order valence-corrected chi connectivity index (χ4v) is 1.77. The molecule has 0 amide bonds. The third-order valence-corrected chi connectivity index (χ3v) is 2.74. The highest BCUT2D eigenvalue weighted by molar-refractivity contribution is 5.23. The van der Waals surface area contributed by atoms with Gasteiger partial charge in [-0.1, -0.05) is 6.07 Å².